The first kappa shape index (κ1) is 57.1. The lowest BCUT2D eigenvalue weighted by atomic mass is 9.33. The van der Waals surface area contributed by atoms with Crippen molar-refractivity contribution < 1.29 is 109 Å². The lowest BCUT2D eigenvalue weighted by molar-refractivity contribution is -0.389. The highest BCUT2D eigenvalue weighted by molar-refractivity contribution is 5.79. The molecule has 0 bridgehead atoms. The van der Waals surface area contributed by atoms with Crippen molar-refractivity contribution in [3.05, 3.63) is 11.6 Å². The maximum Gasteiger partial charge on any atom is 0.315 e. The van der Waals surface area contributed by atoms with Gasteiger partial charge in [0, 0.05) is 5.41 Å². The second-order valence-electron chi connectivity index (χ2n) is 25.2. The predicted molar refractivity (Wildman–Crippen MR) is 252 cm³/mol. The Bertz CT molecular complexity index is 2030. The third-order valence-corrected chi connectivity index (χ3v) is 20.8. The Hall–Kier alpha value is -1.59. The van der Waals surface area contributed by atoms with Crippen molar-refractivity contribution in [2.75, 3.05) is 33.0 Å². The minimum Gasteiger partial charge on any atom is -0.432 e. The molecule has 0 radical (unpaired) electrons. The van der Waals surface area contributed by atoms with Gasteiger partial charge in [0.25, 0.3) is 0 Å². The molecule has 0 amide bonds. The van der Waals surface area contributed by atoms with Gasteiger partial charge in [-0.15, -0.1) is 0 Å². The molecule has 0 aromatic carbocycles. The molecule has 13 N–H and O–H groups in total. The van der Waals surface area contributed by atoms with Crippen LogP contribution in [0.15, 0.2) is 11.6 Å². The van der Waals surface area contributed by atoms with E-state index in [1.165, 1.54) is 5.57 Å². The molecule has 4 aliphatic heterocycles. The molecule has 74 heavy (non-hydrogen) atoms. The molecule has 0 aromatic heterocycles. The van der Waals surface area contributed by atoms with Crippen LogP contribution in [0.3, 0.4) is 0 Å². The van der Waals surface area contributed by atoms with E-state index >= 15 is 0 Å². The zero-order chi connectivity index (χ0) is 53.8. The van der Waals surface area contributed by atoms with Crippen LogP contribution in [0.1, 0.15) is 106 Å². The first-order valence-corrected chi connectivity index (χ1v) is 26.8. The summed E-state index contributed by atoms with van der Waals surface area (Å²) in [5.41, 5.74) is -1.64. The summed E-state index contributed by atoms with van der Waals surface area (Å²) in [7, 11) is 0. The molecule has 4 saturated carbocycles. The Labute approximate surface area is 431 Å². The van der Waals surface area contributed by atoms with E-state index in [-0.39, 0.29) is 52.6 Å². The summed E-state index contributed by atoms with van der Waals surface area (Å²) in [5, 5.41) is 139. The van der Waals surface area contributed by atoms with Crippen LogP contribution < -0.4 is 0 Å². The summed E-state index contributed by atoms with van der Waals surface area (Å²) in [4.78, 5) is 14.7. The largest absolute Gasteiger partial charge is 0.432 e. The first-order valence-electron chi connectivity index (χ1n) is 26.8. The predicted octanol–water partition coefficient (Wildman–Crippen LogP) is -1.78. The van der Waals surface area contributed by atoms with Crippen molar-refractivity contribution in [2.45, 2.75) is 222 Å². The van der Waals surface area contributed by atoms with Gasteiger partial charge in [0.2, 0.25) is 6.29 Å². The van der Waals surface area contributed by atoms with Crippen molar-refractivity contribution in [1.29, 1.82) is 0 Å². The SMILES string of the molecule is CC1(C)CCC2(C(=O)OC3OC(CO)C(O)C(O)C3O)CCC3(C)C(=CCC4C5(C)CCC(OC6OCC(O)C(O)C6OC6OC(CO)C(O)C(O)C6OC6OCC(O)C(O)C6O)C(C)(CO)C5CCC43C)C2C1. The molecule has 9 aliphatic rings. The van der Waals surface area contributed by atoms with E-state index in [4.69, 9.17) is 37.9 Å². The molecule has 22 nitrogen and oxygen atoms in total. The average Bonchev–Trinajstić information content (AvgIpc) is 3.36. The second kappa shape index (κ2) is 20.8. The standard InChI is InChI=1S/C52H84O22/c1-47(2)13-15-52(46(66)74-43-39(65)36(62)34(60)27(18-53)69-43)16-14-50(5)23(24(52)17-47)7-8-30-48(3)11-10-31(49(4,22-55)29(48)9-12-51(30,50)6)71-44-40(33(59)26(57)21-68-44)73-45-41(37(63)35(61)28(19-54)70-45)72-42-38(64)32(58)25(56)20-67-42/h7,24-45,53-65H,8-22H2,1-6H3. The number of esters is 1. The molecule has 4 heterocycles. The minimum absolute atomic E-state index is 0.0872. The number of aliphatic hydroxyl groups is 13. The summed E-state index contributed by atoms with van der Waals surface area (Å²) in [6.07, 6.45) is -20.7. The van der Waals surface area contributed by atoms with Crippen molar-refractivity contribution >= 4 is 5.97 Å². The lowest BCUT2D eigenvalue weighted by Gasteiger charge is -2.71. The van der Waals surface area contributed by atoms with Crippen LogP contribution >= 0.6 is 0 Å². The number of rotatable bonds is 11. The Balaban J connectivity index is 0.958. The van der Waals surface area contributed by atoms with Crippen LogP contribution in [-0.2, 0) is 42.7 Å². The van der Waals surface area contributed by atoms with Gasteiger partial charge in [-0.1, -0.05) is 53.2 Å². The van der Waals surface area contributed by atoms with E-state index in [2.05, 4.69) is 40.7 Å². The monoisotopic (exact) mass is 1060 g/mol. The van der Waals surface area contributed by atoms with Crippen LogP contribution in [-0.4, -0.2) is 222 Å². The first-order chi connectivity index (χ1) is 34.7. The van der Waals surface area contributed by atoms with E-state index in [0.717, 1.165) is 25.7 Å². The van der Waals surface area contributed by atoms with Crippen LogP contribution in [0.25, 0.3) is 0 Å². The Morgan fingerprint density at radius 3 is 1.84 bits per heavy atom. The number of fused-ring (bicyclic) bond motifs is 7. The highest BCUT2D eigenvalue weighted by atomic mass is 16.8. The maximum absolute atomic E-state index is 14.7. The van der Waals surface area contributed by atoms with E-state index in [0.29, 0.717) is 38.5 Å². The molecule has 27 atom stereocenters. The molecular weight excluding hydrogens is 977 g/mol. The smallest absolute Gasteiger partial charge is 0.315 e. The summed E-state index contributed by atoms with van der Waals surface area (Å²) < 4.78 is 47.9. The Morgan fingerprint density at radius 1 is 0.595 bits per heavy atom. The van der Waals surface area contributed by atoms with Crippen molar-refractivity contribution in [3.8, 4) is 0 Å². The molecule has 22 heteroatoms. The number of allylic oxidation sites excluding steroid dienone is 2. The molecule has 5 aliphatic carbocycles. The summed E-state index contributed by atoms with van der Waals surface area (Å²) in [5.74, 6) is -0.676. The molecule has 4 saturated heterocycles. The fourth-order valence-electron chi connectivity index (χ4n) is 15.9. The number of aliphatic hydroxyl groups excluding tert-OH is 13. The lowest BCUT2D eigenvalue weighted by Crippen LogP contribution is -2.67. The van der Waals surface area contributed by atoms with E-state index in [1.807, 2.05) is 6.92 Å². The Morgan fingerprint density at radius 2 is 1.18 bits per heavy atom. The highest BCUT2D eigenvalue weighted by Crippen LogP contribution is 2.76. The molecule has 0 aromatic rings. The molecule has 0 spiro atoms. The Kier molecular flexibility index (Phi) is 16.1. The molecule has 27 unspecified atom stereocenters. The van der Waals surface area contributed by atoms with Gasteiger partial charge < -0.3 is 104 Å². The molecule has 9 rings (SSSR count). The average molecular weight is 1060 g/mol. The van der Waals surface area contributed by atoms with Crippen LogP contribution in [0.4, 0.5) is 0 Å². The maximum atomic E-state index is 14.7. The summed E-state index contributed by atoms with van der Waals surface area (Å²) in [6.45, 7) is 11.0. The number of carbonyl (C=O) groups excluding carboxylic acids is 1. The van der Waals surface area contributed by atoms with Crippen LogP contribution in [0.5, 0.6) is 0 Å². The van der Waals surface area contributed by atoms with E-state index in [1.54, 1.807) is 0 Å². The van der Waals surface area contributed by atoms with Gasteiger partial charge in [-0.25, -0.2) is 0 Å². The third kappa shape index (κ3) is 9.16. The van der Waals surface area contributed by atoms with Gasteiger partial charge >= 0.3 is 5.97 Å². The zero-order valence-electron chi connectivity index (χ0n) is 43.4. The van der Waals surface area contributed by atoms with Crippen LogP contribution in [0, 0.1) is 50.2 Å². The molecule has 424 valence electrons. The van der Waals surface area contributed by atoms with Gasteiger partial charge in [-0.05, 0) is 104 Å². The van der Waals surface area contributed by atoms with E-state index in [9.17, 15) is 71.2 Å². The third-order valence-electron chi connectivity index (χ3n) is 20.8. The number of ether oxygens (including phenoxy) is 8. The minimum atomic E-state index is -1.84. The summed E-state index contributed by atoms with van der Waals surface area (Å²) in [6, 6.07) is 0. The zero-order valence-corrected chi connectivity index (χ0v) is 43.4. The topological polar surface area (TPSA) is 354 Å². The molecular formula is C52H84O22. The van der Waals surface area contributed by atoms with Gasteiger partial charge in [0.1, 0.15) is 85.5 Å². The number of hydrogen-bond donors (Lipinski definition) is 13. The van der Waals surface area contributed by atoms with Crippen molar-refractivity contribution in [3.63, 3.8) is 0 Å². The second-order valence-corrected chi connectivity index (χ2v) is 25.2. The fourth-order valence-corrected chi connectivity index (χ4v) is 15.9. The fraction of sp³-hybridized carbons (Fsp3) is 0.942. The van der Waals surface area contributed by atoms with E-state index < -0.39 is 153 Å². The van der Waals surface area contributed by atoms with Crippen molar-refractivity contribution in [1.82, 2.24) is 0 Å². The van der Waals surface area contributed by atoms with Crippen LogP contribution in [0.2, 0.25) is 0 Å². The number of carbonyl (C=O) groups is 1. The summed E-state index contributed by atoms with van der Waals surface area (Å²) >= 11 is 0. The van der Waals surface area contributed by atoms with Gasteiger partial charge in [0.05, 0.1) is 44.6 Å². The molecule has 8 fully saturated rings. The van der Waals surface area contributed by atoms with Gasteiger partial charge in [0.15, 0.2) is 18.9 Å². The highest BCUT2D eigenvalue weighted by Gasteiger charge is 2.71. The quantitative estimate of drug-likeness (QED) is 0.0618. The van der Waals surface area contributed by atoms with Gasteiger partial charge in [-0.3, -0.25) is 4.79 Å². The number of hydrogen-bond acceptors (Lipinski definition) is 22. The van der Waals surface area contributed by atoms with Crippen molar-refractivity contribution in [2.24, 2.45) is 50.2 Å². The van der Waals surface area contributed by atoms with Gasteiger partial charge in [-0.2, -0.15) is 0 Å². The normalized spacial score (nSPS) is 54.4.